The van der Waals surface area contributed by atoms with Gasteiger partial charge in [0.2, 0.25) is 0 Å². The maximum absolute atomic E-state index is 11.3. The molecule has 21 heavy (non-hydrogen) atoms. The summed E-state index contributed by atoms with van der Waals surface area (Å²) in [5.41, 5.74) is -0.123. The van der Waals surface area contributed by atoms with Gasteiger partial charge in [0.15, 0.2) is 0 Å². The topological polar surface area (TPSA) is 102 Å². The zero-order valence-corrected chi connectivity index (χ0v) is 12.6. The van der Waals surface area contributed by atoms with Gasteiger partial charge < -0.3 is 9.84 Å². The summed E-state index contributed by atoms with van der Waals surface area (Å²) in [6, 6.07) is 2.98. The standard InChI is InChI=1S/C14H20N2O5/c1-5-15-14(4,13(17)18)8-21-12-7-9(2)11(16(19)20)6-10(12)3/h6-7,15H,5,8H2,1-4H3,(H,17,18). The Hall–Kier alpha value is -2.15. The van der Waals surface area contributed by atoms with Crippen molar-refractivity contribution in [3.8, 4) is 5.75 Å². The monoisotopic (exact) mass is 296 g/mol. The van der Waals surface area contributed by atoms with Crippen LogP contribution in [-0.4, -0.2) is 34.7 Å². The Morgan fingerprint density at radius 2 is 2.05 bits per heavy atom. The fourth-order valence-corrected chi connectivity index (χ4v) is 1.93. The smallest absolute Gasteiger partial charge is 0.327 e. The number of rotatable bonds is 7. The normalized spacial score (nSPS) is 13.5. The third-order valence-electron chi connectivity index (χ3n) is 3.25. The fraction of sp³-hybridized carbons (Fsp3) is 0.500. The molecule has 2 N–H and O–H groups in total. The number of aryl methyl sites for hydroxylation is 2. The average molecular weight is 296 g/mol. The third-order valence-corrected chi connectivity index (χ3v) is 3.25. The number of aliphatic carboxylic acids is 1. The van der Waals surface area contributed by atoms with Crippen LogP contribution < -0.4 is 10.1 Å². The van der Waals surface area contributed by atoms with Crippen LogP contribution in [0.2, 0.25) is 0 Å². The Morgan fingerprint density at radius 1 is 1.43 bits per heavy atom. The molecule has 1 unspecified atom stereocenters. The van der Waals surface area contributed by atoms with Crippen molar-refractivity contribution in [1.82, 2.24) is 5.32 Å². The number of carboxylic acid groups (broad SMARTS) is 1. The van der Waals surface area contributed by atoms with Crippen LogP contribution in [0.25, 0.3) is 0 Å². The van der Waals surface area contributed by atoms with E-state index in [1.165, 1.54) is 13.0 Å². The zero-order chi connectivity index (χ0) is 16.2. The van der Waals surface area contributed by atoms with Crippen LogP contribution in [0.4, 0.5) is 5.69 Å². The first-order valence-corrected chi connectivity index (χ1v) is 6.58. The second kappa shape index (κ2) is 6.53. The Labute approximate surface area is 123 Å². The minimum Gasteiger partial charge on any atom is -0.491 e. The van der Waals surface area contributed by atoms with Crippen molar-refractivity contribution in [3.05, 3.63) is 33.4 Å². The van der Waals surface area contributed by atoms with Gasteiger partial charge in [0, 0.05) is 11.6 Å². The summed E-state index contributed by atoms with van der Waals surface area (Å²) < 4.78 is 5.57. The Kier molecular flexibility index (Phi) is 5.26. The van der Waals surface area contributed by atoms with Crippen molar-refractivity contribution in [3.63, 3.8) is 0 Å². The number of nitrogens with one attached hydrogen (secondary N) is 1. The van der Waals surface area contributed by atoms with Gasteiger partial charge in [0.05, 0.1) is 4.92 Å². The van der Waals surface area contributed by atoms with E-state index in [0.29, 0.717) is 23.4 Å². The second-order valence-electron chi connectivity index (χ2n) is 5.12. The molecule has 0 aliphatic carbocycles. The summed E-state index contributed by atoms with van der Waals surface area (Å²) in [7, 11) is 0. The highest BCUT2D eigenvalue weighted by molar-refractivity contribution is 5.78. The molecule has 1 rings (SSSR count). The summed E-state index contributed by atoms with van der Waals surface area (Å²) in [4.78, 5) is 21.7. The first-order chi connectivity index (χ1) is 9.71. The summed E-state index contributed by atoms with van der Waals surface area (Å²) in [5.74, 6) is -0.566. The number of benzene rings is 1. The minimum atomic E-state index is -1.21. The van der Waals surface area contributed by atoms with Crippen LogP contribution >= 0.6 is 0 Å². The quantitative estimate of drug-likeness (QED) is 0.589. The zero-order valence-electron chi connectivity index (χ0n) is 12.6. The number of nitrogens with zero attached hydrogens (tertiary/aromatic N) is 1. The van der Waals surface area contributed by atoms with E-state index >= 15 is 0 Å². The minimum absolute atomic E-state index is 0.0209. The summed E-state index contributed by atoms with van der Waals surface area (Å²) >= 11 is 0. The number of likely N-dealkylation sites (N-methyl/N-ethyl adjacent to an activating group) is 1. The first-order valence-electron chi connectivity index (χ1n) is 6.58. The molecule has 0 aliphatic heterocycles. The number of hydrogen-bond donors (Lipinski definition) is 2. The van der Waals surface area contributed by atoms with E-state index in [2.05, 4.69) is 5.32 Å². The fourth-order valence-electron chi connectivity index (χ4n) is 1.93. The molecule has 0 aliphatic rings. The van der Waals surface area contributed by atoms with Crippen LogP contribution in [0.1, 0.15) is 25.0 Å². The Balaban J connectivity index is 2.96. The van der Waals surface area contributed by atoms with Crippen molar-refractivity contribution >= 4 is 11.7 Å². The van der Waals surface area contributed by atoms with Crippen molar-refractivity contribution in [2.75, 3.05) is 13.2 Å². The lowest BCUT2D eigenvalue weighted by Crippen LogP contribution is -2.53. The van der Waals surface area contributed by atoms with E-state index in [9.17, 15) is 20.0 Å². The lowest BCUT2D eigenvalue weighted by Gasteiger charge is -2.26. The molecular weight excluding hydrogens is 276 g/mol. The third kappa shape index (κ3) is 3.91. The molecule has 0 radical (unpaired) electrons. The number of ether oxygens (including phenoxy) is 1. The van der Waals surface area contributed by atoms with E-state index < -0.39 is 16.4 Å². The number of hydrogen-bond acceptors (Lipinski definition) is 5. The molecule has 0 fully saturated rings. The molecule has 0 saturated heterocycles. The number of carboxylic acids is 1. The molecule has 1 aromatic carbocycles. The number of carbonyl (C=O) groups is 1. The molecule has 0 aromatic heterocycles. The molecule has 0 amide bonds. The largest absolute Gasteiger partial charge is 0.491 e. The molecule has 0 heterocycles. The molecule has 0 saturated carbocycles. The van der Waals surface area contributed by atoms with E-state index in [1.807, 2.05) is 6.92 Å². The van der Waals surface area contributed by atoms with Gasteiger partial charge in [-0.15, -0.1) is 0 Å². The van der Waals surface area contributed by atoms with Crippen LogP contribution in [0.3, 0.4) is 0 Å². The van der Waals surface area contributed by atoms with Gasteiger partial charge in [-0.05, 0) is 38.9 Å². The van der Waals surface area contributed by atoms with Crippen LogP contribution in [0.15, 0.2) is 12.1 Å². The number of nitro groups is 1. The predicted molar refractivity (Wildman–Crippen MR) is 77.8 cm³/mol. The van der Waals surface area contributed by atoms with Crippen LogP contribution in [0, 0.1) is 24.0 Å². The summed E-state index contributed by atoms with van der Waals surface area (Å²) in [5, 5.41) is 23.0. The SMILES string of the molecule is CCNC(C)(COc1cc(C)c([N+](=O)[O-])cc1C)C(=O)O. The second-order valence-corrected chi connectivity index (χ2v) is 5.12. The van der Waals surface area contributed by atoms with Gasteiger partial charge in [-0.3, -0.25) is 20.2 Å². The number of nitro benzene ring substituents is 1. The molecule has 1 atom stereocenters. The Morgan fingerprint density at radius 3 is 2.52 bits per heavy atom. The lowest BCUT2D eigenvalue weighted by molar-refractivity contribution is -0.385. The van der Waals surface area contributed by atoms with Crippen LogP contribution in [0.5, 0.6) is 5.75 Å². The van der Waals surface area contributed by atoms with E-state index in [-0.39, 0.29) is 12.3 Å². The van der Waals surface area contributed by atoms with E-state index in [0.717, 1.165) is 0 Å². The maximum Gasteiger partial charge on any atom is 0.327 e. The van der Waals surface area contributed by atoms with Crippen molar-refractivity contribution in [1.29, 1.82) is 0 Å². The maximum atomic E-state index is 11.3. The predicted octanol–water partition coefficient (Wildman–Crippen LogP) is 2.04. The first kappa shape index (κ1) is 16.9. The molecule has 0 spiro atoms. The van der Waals surface area contributed by atoms with Gasteiger partial charge in [0.1, 0.15) is 17.9 Å². The highest BCUT2D eigenvalue weighted by Gasteiger charge is 2.33. The molecule has 116 valence electrons. The summed E-state index contributed by atoms with van der Waals surface area (Å²) in [6.45, 7) is 7.06. The Bertz CT molecular complexity index is 559. The average Bonchev–Trinajstić information content (AvgIpc) is 2.39. The molecule has 7 heteroatoms. The molecular formula is C14H20N2O5. The van der Waals surface area contributed by atoms with Gasteiger partial charge >= 0.3 is 5.97 Å². The molecule has 0 bridgehead atoms. The van der Waals surface area contributed by atoms with Gasteiger partial charge in [-0.25, -0.2) is 0 Å². The van der Waals surface area contributed by atoms with Crippen molar-refractivity contribution in [2.24, 2.45) is 0 Å². The van der Waals surface area contributed by atoms with Gasteiger partial charge in [-0.2, -0.15) is 0 Å². The van der Waals surface area contributed by atoms with E-state index in [1.54, 1.807) is 19.9 Å². The lowest BCUT2D eigenvalue weighted by atomic mass is 10.0. The summed E-state index contributed by atoms with van der Waals surface area (Å²) in [6.07, 6.45) is 0. The highest BCUT2D eigenvalue weighted by atomic mass is 16.6. The molecule has 7 nitrogen and oxygen atoms in total. The van der Waals surface area contributed by atoms with E-state index in [4.69, 9.17) is 4.74 Å². The van der Waals surface area contributed by atoms with Gasteiger partial charge in [-0.1, -0.05) is 6.92 Å². The van der Waals surface area contributed by atoms with Crippen molar-refractivity contribution < 1.29 is 19.6 Å². The van der Waals surface area contributed by atoms with Gasteiger partial charge in [0.25, 0.3) is 5.69 Å². The highest BCUT2D eigenvalue weighted by Crippen LogP contribution is 2.28. The molecule has 1 aromatic rings. The van der Waals surface area contributed by atoms with Crippen molar-refractivity contribution in [2.45, 2.75) is 33.2 Å². The van der Waals surface area contributed by atoms with Crippen LogP contribution in [-0.2, 0) is 4.79 Å².